The standard InChI is InChI=1S/C11H11N5O2/c1-7(15-18)8-3-2-4-9(5-8)13-11(17)10-6-12-16-14-10/h2-6,18H,1H3,(H,13,17)(H,12,14,16). The molecule has 0 aliphatic heterocycles. The number of aromatic nitrogens is 3. The van der Waals surface area contributed by atoms with Crippen LogP contribution < -0.4 is 5.32 Å². The average molecular weight is 245 g/mol. The van der Waals surface area contributed by atoms with E-state index in [9.17, 15) is 4.79 Å². The fourth-order valence-electron chi connectivity index (χ4n) is 1.39. The zero-order valence-corrected chi connectivity index (χ0v) is 9.58. The normalized spacial score (nSPS) is 11.3. The van der Waals surface area contributed by atoms with Crippen molar-refractivity contribution in [1.29, 1.82) is 0 Å². The largest absolute Gasteiger partial charge is 0.411 e. The summed E-state index contributed by atoms with van der Waals surface area (Å²) in [6, 6.07) is 6.96. The number of hydrogen-bond acceptors (Lipinski definition) is 5. The van der Waals surface area contributed by atoms with Gasteiger partial charge in [-0.1, -0.05) is 17.3 Å². The van der Waals surface area contributed by atoms with Gasteiger partial charge in [0.15, 0.2) is 5.69 Å². The van der Waals surface area contributed by atoms with Gasteiger partial charge in [-0.25, -0.2) is 0 Å². The molecular formula is C11H11N5O2. The summed E-state index contributed by atoms with van der Waals surface area (Å²) in [5, 5.41) is 24.1. The third-order valence-electron chi connectivity index (χ3n) is 2.34. The van der Waals surface area contributed by atoms with Gasteiger partial charge >= 0.3 is 0 Å². The Labute approximate surface area is 103 Å². The first-order chi connectivity index (χ1) is 8.70. The minimum absolute atomic E-state index is 0.202. The molecule has 1 amide bonds. The van der Waals surface area contributed by atoms with Gasteiger partial charge in [-0.3, -0.25) is 4.79 Å². The molecule has 0 aliphatic rings. The summed E-state index contributed by atoms with van der Waals surface area (Å²) in [6.07, 6.45) is 1.33. The summed E-state index contributed by atoms with van der Waals surface area (Å²) in [4.78, 5) is 11.7. The van der Waals surface area contributed by atoms with E-state index in [1.54, 1.807) is 31.2 Å². The number of H-pyrrole nitrogens is 1. The fraction of sp³-hybridized carbons (Fsp3) is 0.0909. The number of benzene rings is 1. The van der Waals surface area contributed by atoms with Gasteiger partial charge in [-0.05, 0) is 19.1 Å². The van der Waals surface area contributed by atoms with E-state index in [4.69, 9.17) is 5.21 Å². The molecule has 0 saturated heterocycles. The van der Waals surface area contributed by atoms with Crippen LogP contribution in [0.1, 0.15) is 23.0 Å². The molecule has 1 heterocycles. The van der Waals surface area contributed by atoms with E-state index >= 15 is 0 Å². The number of aromatic amines is 1. The van der Waals surface area contributed by atoms with Crippen LogP contribution >= 0.6 is 0 Å². The highest BCUT2D eigenvalue weighted by atomic mass is 16.4. The fourth-order valence-corrected chi connectivity index (χ4v) is 1.39. The monoisotopic (exact) mass is 245 g/mol. The predicted octanol–water partition coefficient (Wildman–Crippen LogP) is 1.26. The van der Waals surface area contributed by atoms with Crippen molar-refractivity contribution in [3.05, 3.63) is 41.7 Å². The lowest BCUT2D eigenvalue weighted by atomic mass is 10.1. The van der Waals surface area contributed by atoms with Crippen LogP contribution in [0.25, 0.3) is 0 Å². The van der Waals surface area contributed by atoms with Crippen molar-refractivity contribution in [2.75, 3.05) is 5.32 Å². The van der Waals surface area contributed by atoms with E-state index in [-0.39, 0.29) is 11.6 Å². The molecular weight excluding hydrogens is 234 g/mol. The summed E-state index contributed by atoms with van der Waals surface area (Å²) < 4.78 is 0. The van der Waals surface area contributed by atoms with Gasteiger partial charge in [-0.2, -0.15) is 15.4 Å². The number of nitrogens with zero attached hydrogens (tertiary/aromatic N) is 3. The molecule has 7 heteroatoms. The number of carbonyl (C=O) groups is 1. The molecule has 18 heavy (non-hydrogen) atoms. The molecule has 0 radical (unpaired) electrons. The maximum Gasteiger partial charge on any atom is 0.277 e. The molecule has 0 unspecified atom stereocenters. The third kappa shape index (κ3) is 2.51. The quantitative estimate of drug-likeness (QED) is 0.430. The minimum atomic E-state index is -0.362. The second-order valence-electron chi connectivity index (χ2n) is 3.58. The first-order valence-electron chi connectivity index (χ1n) is 5.17. The number of hydrogen-bond donors (Lipinski definition) is 3. The number of rotatable bonds is 3. The van der Waals surface area contributed by atoms with E-state index in [2.05, 4.69) is 25.9 Å². The van der Waals surface area contributed by atoms with Crippen molar-refractivity contribution in [2.45, 2.75) is 6.92 Å². The van der Waals surface area contributed by atoms with Crippen LogP contribution in [-0.2, 0) is 0 Å². The topological polar surface area (TPSA) is 103 Å². The summed E-state index contributed by atoms with van der Waals surface area (Å²) in [6.45, 7) is 1.67. The third-order valence-corrected chi connectivity index (χ3v) is 2.34. The first-order valence-corrected chi connectivity index (χ1v) is 5.17. The molecule has 0 aliphatic carbocycles. The van der Waals surface area contributed by atoms with Crippen molar-refractivity contribution >= 4 is 17.3 Å². The molecule has 3 N–H and O–H groups in total. The van der Waals surface area contributed by atoms with Gasteiger partial charge < -0.3 is 10.5 Å². The minimum Gasteiger partial charge on any atom is -0.411 e. The Balaban J connectivity index is 2.17. The molecule has 1 aromatic heterocycles. The highest BCUT2D eigenvalue weighted by Gasteiger charge is 2.09. The molecule has 1 aromatic carbocycles. The van der Waals surface area contributed by atoms with Gasteiger partial charge in [0.1, 0.15) is 0 Å². The second-order valence-corrected chi connectivity index (χ2v) is 3.58. The van der Waals surface area contributed by atoms with E-state index in [0.717, 1.165) is 5.56 Å². The molecule has 92 valence electrons. The maximum atomic E-state index is 11.7. The summed E-state index contributed by atoms with van der Waals surface area (Å²) in [7, 11) is 0. The molecule has 0 saturated carbocycles. The predicted molar refractivity (Wildman–Crippen MR) is 64.8 cm³/mol. The van der Waals surface area contributed by atoms with Crippen LogP contribution in [0.3, 0.4) is 0 Å². The van der Waals surface area contributed by atoms with E-state index in [0.29, 0.717) is 11.4 Å². The number of anilines is 1. The maximum absolute atomic E-state index is 11.7. The van der Waals surface area contributed by atoms with E-state index in [1.807, 2.05) is 0 Å². The van der Waals surface area contributed by atoms with Crippen LogP contribution in [0, 0.1) is 0 Å². The van der Waals surface area contributed by atoms with E-state index in [1.165, 1.54) is 6.20 Å². The van der Waals surface area contributed by atoms with Crippen LogP contribution in [0.4, 0.5) is 5.69 Å². The Kier molecular flexibility index (Phi) is 3.33. The lowest BCUT2D eigenvalue weighted by molar-refractivity contribution is 0.102. The van der Waals surface area contributed by atoms with Gasteiger partial charge in [0.2, 0.25) is 0 Å². The van der Waals surface area contributed by atoms with Crippen LogP contribution in [0.15, 0.2) is 35.6 Å². The Bertz CT molecular complexity index is 577. The van der Waals surface area contributed by atoms with Crippen molar-refractivity contribution in [1.82, 2.24) is 15.4 Å². The summed E-state index contributed by atoms with van der Waals surface area (Å²) in [5.74, 6) is -0.362. The first kappa shape index (κ1) is 11.8. The number of amides is 1. The Morgan fingerprint density at radius 3 is 3.00 bits per heavy atom. The molecule has 0 spiro atoms. The number of carbonyl (C=O) groups excluding carboxylic acids is 1. The zero-order valence-electron chi connectivity index (χ0n) is 9.58. The highest BCUT2D eigenvalue weighted by Crippen LogP contribution is 2.12. The molecule has 7 nitrogen and oxygen atoms in total. The SMILES string of the molecule is CC(=NO)c1cccc(NC(=O)c2cn[nH]n2)c1. The molecule has 0 atom stereocenters. The van der Waals surface area contributed by atoms with Gasteiger partial charge in [0, 0.05) is 11.3 Å². The summed E-state index contributed by atoms with van der Waals surface area (Å²) >= 11 is 0. The van der Waals surface area contributed by atoms with Crippen molar-refractivity contribution < 1.29 is 10.0 Å². The van der Waals surface area contributed by atoms with E-state index < -0.39 is 0 Å². The number of oxime groups is 1. The van der Waals surface area contributed by atoms with Crippen LogP contribution in [-0.4, -0.2) is 32.2 Å². The van der Waals surface area contributed by atoms with Gasteiger partial charge in [-0.15, -0.1) is 0 Å². The summed E-state index contributed by atoms with van der Waals surface area (Å²) in [5.41, 5.74) is 1.97. The van der Waals surface area contributed by atoms with Gasteiger partial charge in [0.25, 0.3) is 5.91 Å². The Morgan fingerprint density at radius 2 is 2.33 bits per heavy atom. The molecule has 0 bridgehead atoms. The molecule has 2 rings (SSSR count). The lowest BCUT2D eigenvalue weighted by Gasteiger charge is -2.05. The van der Waals surface area contributed by atoms with Crippen molar-refractivity contribution in [3.8, 4) is 0 Å². The highest BCUT2D eigenvalue weighted by molar-refractivity contribution is 6.04. The van der Waals surface area contributed by atoms with Gasteiger partial charge in [0.05, 0.1) is 11.9 Å². The van der Waals surface area contributed by atoms with Crippen LogP contribution in [0.5, 0.6) is 0 Å². The number of nitrogens with one attached hydrogen (secondary N) is 2. The average Bonchev–Trinajstić information content (AvgIpc) is 2.92. The zero-order chi connectivity index (χ0) is 13.0. The molecule has 0 fully saturated rings. The lowest BCUT2D eigenvalue weighted by Crippen LogP contribution is -2.12. The Morgan fingerprint density at radius 1 is 1.50 bits per heavy atom. The van der Waals surface area contributed by atoms with Crippen LogP contribution in [0.2, 0.25) is 0 Å². The second kappa shape index (κ2) is 5.09. The van der Waals surface area contributed by atoms with Crippen molar-refractivity contribution in [3.63, 3.8) is 0 Å². The van der Waals surface area contributed by atoms with Crippen molar-refractivity contribution in [2.24, 2.45) is 5.16 Å². The smallest absolute Gasteiger partial charge is 0.277 e. The Hall–Kier alpha value is -2.70. The molecule has 2 aromatic rings.